The minimum absolute atomic E-state index is 0.0928. The van der Waals surface area contributed by atoms with Gasteiger partial charge in [0, 0.05) is 41.8 Å². The van der Waals surface area contributed by atoms with E-state index in [1.54, 1.807) is 9.62 Å². The first-order chi connectivity index (χ1) is 22.8. The molecule has 0 bridgehead atoms. The molecule has 3 atom stereocenters. The second kappa shape index (κ2) is 12.7. The van der Waals surface area contributed by atoms with Gasteiger partial charge in [-0.25, -0.2) is 17.9 Å². The summed E-state index contributed by atoms with van der Waals surface area (Å²) >= 11 is 0. The summed E-state index contributed by atoms with van der Waals surface area (Å²) in [6, 6.07) is 8.28. The van der Waals surface area contributed by atoms with E-state index in [-0.39, 0.29) is 23.8 Å². The number of amides is 3. The summed E-state index contributed by atoms with van der Waals surface area (Å²) in [6.07, 6.45) is 3.33. The lowest BCUT2D eigenvalue weighted by Gasteiger charge is -2.39. The Labute approximate surface area is 277 Å². The van der Waals surface area contributed by atoms with E-state index in [0.717, 1.165) is 47.0 Å². The highest BCUT2D eigenvalue weighted by Gasteiger charge is 2.51. The number of benzene rings is 2. The van der Waals surface area contributed by atoms with Gasteiger partial charge in [-0.1, -0.05) is 42.5 Å². The van der Waals surface area contributed by atoms with Gasteiger partial charge < -0.3 is 19.7 Å². The van der Waals surface area contributed by atoms with Gasteiger partial charge in [0.1, 0.15) is 5.76 Å². The number of sulfonamides is 1. The number of fused-ring (bicyclic) bond motifs is 2. The number of halogens is 3. The number of ether oxygens (including phenoxy) is 2. The topological polar surface area (TPSA) is 114 Å². The summed E-state index contributed by atoms with van der Waals surface area (Å²) in [7, 11) is -4.80. The number of anilines is 1. The quantitative estimate of drug-likeness (QED) is 0.320. The average Bonchev–Trinajstić information content (AvgIpc) is 3.69. The molecule has 1 heterocycles. The molecule has 3 aliphatic carbocycles. The fraction of sp³-hybridized carbons (Fsp3) is 0.429. The molecule has 1 aliphatic heterocycles. The van der Waals surface area contributed by atoms with Gasteiger partial charge in [0.05, 0.1) is 28.7 Å². The highest BCUT2D eigenvalue weighted by atomic mass is 32.2. The molecule has 48 heavy (non-hydrogen) atoms. The number of nitrogens with one attached hydrogen (secondary N) is 2. The van der Waals surface area contributed by atoms with Crippen molar-refractivity contribution in [3.63, 3.8) is 0 Å². The lowest BCUT2D eigenvalue weighted by molar-refractivity contribution is -0.139. The standard InChI is InChI=1S/C35H38F3N3O6S/c1-4-46-30-23-10-6-7-11-24(23)31(47-5-2)29-25(30)20-41(32(29)42)27-15-14-22(18-21(27)3)19-34(16-17-34)39-33(43)40-48(44,45)28-13-9-8-12-26(28)35(36,37)38/h6-9,11-15,18,23,25,30H,4-5,10,16-17,19-20H2,1-3H3,(H2,39,40,43). The van der Waals surface area contributed by atoms with Crippen molar-refractivity contribution in [2.24, 2.45) is 11.8 Å². The number of allylic oxidation sites excluding steroid dienone is 4. The molecule has 6 rings (SSSR count). The Kier molecular flexibility index (Phi) is 8.97. The van der Waals surface area contributed by atoms with Crippen molar-refractivity contribution >= 4 is 27.6 Å². The highest BCUT2D eigenvalue weighted by molar-refractivity contribution is 7.90. The Morgan fingerprint density at radius 1 is 1.08 bits per heavy atom. The van der Waals surface area contributed by atoms with E-state index in [9.17, 15) is 31.2 Å². The van der Waals surface area contributed by atoms with E-state index >= 15 is 0 Å². The maximum Gasteiger partial charge on any atom is 0.417 e. The number of aryl methyl sites for hydroxylation is 1. The van der Waals surface area contributed by atoms with Gasteiger partial charge in [-0.2, -0.15) is 13.2 Å². The van der Waals surface area contributed by atoms with Crippen LogP contribution in [0, 0.1) is 18.8 Å². The second-order valence-electron chi connectivity index (χ2n) is 12.6. The fourth-order valence-corrected chi connectivity index (χ4v) is 8.32. The van der Waals surface area contributed by atoms with Crippen molar-refractivity contribution in [3.8, 4) is 0 Å². The molecule has 0 spiro atoms. The highest BCUT2D eigenvalue weighted by Crippen LogP contribution is 2.48. The molecular weight excluding hydrogens is 647 g/mol. The van der Waals surface area contributed by atoms with E-state index in [0.29, 0.717) is 56.4 Å². The molecule has 2 fully saturated rings. The summed E-state index contributed by atoms with van der Waals surface area (Å²) in [5.41, 5.74) is 1.96. The van der Waals surface area contributed by atoms with Crippen LogP contribution in [0.25, 0.3) is 0 Å². The summed E-state index contributed by atoms with van der Waals surface area (Å²) in [6.45, 7) is 7.16. The number of urea groups is 1. The molecule has 0 radical (unpaired) electrons. The van der Waals surface area contributed by atoms with Crippen LogP contribution in [0.15, 0.2) is 82.5 Å². The molecule has 2 aromatic rings. The number of nitrogens with zero attached hydrogens (tertiary/aromatic N) is 1. The van der Waals surface area contributed by atoms with Crippen molar-refractivity contribution in [2.45, 2.75) is 69.2 Å². The van der Waals surface area contributed by atoms with Crippen LogP contribution in [0.4, 0.5) is 23.7 Å². The lowest BCUT2D eigenvalue weighted by atomic mass is 9.72. The van der Waals surface area contributed by atoms with Crippen LogP contribution >= 0.6 is 0 Å². The molecule has 13 heteroatoms. The molecular formula is C35H38F3N3O6S. The van der Waals surface area contributed by atoms with Crippen LogP contribution in [0.2, 0.25) is 0 Å². The van der Waals surface area contributed by atoms with Crippen molar-refractivity contribution in [1.82, 2.24) is 10.0 Å². The first-order valence-electron chi connectivity index (χ1n) is 16.1. The minimum atomic E-state index is -4.91. The van der Waals surface area contributed by atoms with Gasteiger partial charge in [-0.05, 0) is 75.8 Å². The van der Waals surface area contributed by atoms with Gasteiger partial charge >= 0.3 is 12.2 Å². The number of carbonyl (C=O) groups is 2. The summed E-state index contributed by atoms with van der Waals surface area (Å²) in [4.78, 5) is 27.6. The van der Waals surface area contributed by atoms with Crippen molar-refractivity contribution in [1.29, 1.82) is 0 Å². The minimum Gasteiger partial charge on any atom is -0.493 e. The third kappa shape index (κ3) is 6.37. The van der Waals surface area contributed by atoms with Gasteiger partial charge in [-0.15, -0.1) is 0 Å². The zero-order valence-corrected chi connectivity index (χ0v) is 27.7. The first kappa shape index (κ1) is 33.8. The number of rotatable bonds is 10. The number of hydrogen-bond donors (Lipinski definition) is 2. The van der Waals surface area contributed by atoms with Gasteiger partial charge in [0.25, 0.3) is 15.9 Å². The normalized spacial score (nSPS) is 23.0. The molecule has 256 valence electrons. The molecule has 3 amide bonds. The largest absolute Gasteiger partial charge is 0.493 e. The third-order valence-corrected chi connectivity index (χ3v) is 10.8. The number of carbonyl (C=O) groups excluding carboxylic acids is 2. The van der Waals surface area contributed by atoms with Crippen LogP contribution in [0.1, 0.15) is 49.8 Å². The maximum absolute atomic E-state index is 14.1. The molecule has 1 saturated carbocycles. The van der Waals surface area contributed by atoms with E-state index in [1.807, 2.05) is 51.1 Å². The fourth-order valence-electron chi connectivity index (χ4n) is 7.18. The molecule has 1 saturated heterocycles. The van der Waals surface area contributed by atoms with E-state index in [2.05, 4.69) is 11.4 Å². The summed E-state index contributed by atoms with van der Waals surface area (Å²) in [5.74, 6) is 0.459. The van der Waals surface area contributed by atoms with Crippen molar-refractivity contribution in [3.05, 3.63) is 94.3 Å². The molecule has 2 aromatic carbocycles. The predicted molar refractivity (Wildman–Crippen MR) is 172 cm³/mol. The monoisotopic (exact) mass is 685 g/mol. The van der Waals surface area contributed by atoms with Crippen molar-refractivity contribution in [2.75, 3.05) is 24.7 Å². The Morgan fingerprint density at radius 3 is 2.50 bits per heavy atom. The Morgan fingerprint density at radius 2 is 1.83 bits per heavy atom. The summed E-state index contributed by atoms with van der Waals surface area (Å²) in [5, 5.41) is 2.67. The smallest absolute Gasteiger partial charge is 0.417 e. The van der Waals surface area contributed by atoms with E-state index < -0.39 is 38.2 Å². The zero-order chi connectivity index (χ0) is 34.4. The molecule has 3 unspecified atom stereocenters. The SMILES string of the molecule is CCOC1=C2C(=O)N(c3ccc(CC4(NC(=O)NS(=O)(=O)c5ccccc5C(F)(F)F)CC4)cc3C)CC2C(OCC)C2CC=CC=C12. The molecule has 0 aromatic heterocycles. The van der Waals surface area contributed by atoms with Crippen LogP contribution in [-0.4, -0.2) is 51.8 Å². The van der Waals surface area contributed by atoms with Crippen LogP contribution in [0.3, 0.4) is 0 Å². The molecule has 2 N–H and O–H groups in total. The Bertz CT molecular complexity index is 1830. The average molecular weight is 686 g/mol. The van der Waals surface area contributed by atoms with Gasteiger partial charge in [0.15, 0.2) is 0 Å². The van der Waals surface area contributed by atoms with Crippen molar-refractivity contribution < 1.29 is 40.7 Å². The van der Waals surface area contributed by atoms with Crippen LogP contribution < -0.4 is 14.9 Å². The summed E-state index contributed by atoms with van der Waals surface area (Å²) < 4.78 is 79.9. The predicted octanol–water partition coefficient (Wildman–Crippen LogP) is 5.95. The first-order valence-corrected chi connectivity index (χ1v) is 17.5. The molecule has 4 aliphatic rings. The third-order valence-electron chi connectivity index (χ3n) is 9.41. The van der Waals surface area contributed by atoms with Gasteiger partial charge in [0.2, 0.25) is 0 Å². The maximum atomic E-state index is 14.1. The van der Waals surface area contributed by atoms with Gasteiger partial charge in [-0.3, -0.25) is 4.79 Å². The van der Waals surface area contributed by atoms with Crippen LogP contribution in [0.5, 0.6) is 0 Å². The number of alkyl halides is 3. The molecule has 9 nitrogen and oxygen atoms in total. The lowest BCUT2D eigenvalue weighted by Crippen LogP contribution is -2.47. The zero-order valence-electron chi connectivity index (χ0n) is 26.9. The van der Waals surface area contributed by atoms with Crippen LogP contribution in [-0.2, 0) is 36.9 Å². The Balaban J connectivity index is 1.18. The Hall–Kier alpha value is -4.10. The number of hydrogen-bond acceptors (Lipinski definition) is 6. The second-order valence-corrected chi connectivity index (χ2v) is 14.3. The van der Waals surface area contributed by atoms with E-state index in [1.165, 1.54) is 0 Å². The van der Waals surface area contributed by atoms with E-state index in [4.69, 9.17) is 9.47 Å².